The van der Waals surface area contributed by atoms with Crippen LogP contribution in [-0.2, 0) is 4.79 Å². The van der Waals surface area contributed by atoms with Gasteiger partial charge in [0.25, 0.3) is 0 Å². The van der Waals surface area contributed by atoms with E-state index in [-0.39, 0.29) is 24.5 Å². The molecule has 1 aliphatic heterocycles. The fourth-order valence-electron chi connectivity index (χ4n) is 3.58. The lowest BCUT2D eigenvalue weighted by atomic mass is 10.1. The number of imidazole rings is 1. The Morgan fingerprint density at radius 3 is 2.23 bits per heavy atom. The Balaban J connectivity index is 1.27. The molecule has 0 aliphatic carbocycles. The highest BCUT2D eigenvalue weighted by molar-refractivity contribution is 6.30. The van der Waals surface area contributed by atoms with Crippen molar-refractivity contribution >= 4 is 29.1 Å². The van der Waals surface area contributed by atoms with Crippen LogP contribution in [-0.4, -0.2) is 62.5 Å². The van der Waals surface area contributed by atoms with Crippen molar-refractivity contribution < 1.29 is 9.59 Å². The van der Waals surface area contributed by atoms with Crippen molar-refractivity contribution in [3.8, 4) is 5.82 Å². The molecule has 2 aromatic heterocycles. The number of rotatable bonds is 6. The second-order valence-electron chi connectivity index (χ2n) is 7.39. The normalized spacial score (nSPS) is 14.0. The van der Waals surface area contributed by atoms with Crippen molar-refractivity contribution in [3.05, 3.63) is 65.2 Å². The smallest absolute Gasteiger partial charge is 0.223 e. The van der Waals surface area contributed by atoms with Crippen LogP contribution < -0.4 is 4.90 Å². The van der Waals surface area contributed by atoms with Gasteiger partial charge < -0.3 is 9.80 Å². The summed E-state index contributed by atoms with van der Waals surface area (Å²) in [6.45, 7) is 4.45. The number of hydrogen-bond acceptors (Lipinski definition) is 6. The SMILES string of the molecule is Cc1nccn1-c1ccc(N2CCN(C(=O)CCC(=O)c3ccc(Cl)cc3)CC2)nn1. The maximum Gasteiger partial charge on any atom is 0.223 e. The minimum atomic E-state index is -0.0489. The number of halogens is 1. The summed E-state index contributed by atoms with van der Waals surface area (Å²) in [6.07, 6.45) is 3.98. The van der Waals surface area contributed by atoms with Crippen LogP contribution in [0.4, 0.5) is 5.82 Å². The van der Waals surface area contributed by atoms with Gasteiger partial charge in [0, 0.05) is 62.0 Å². The average molecular weight is 439 g/mol. The van der Waals surface area contributed by atoms with E-state index in [1.54, 1.807) is 30.5 Å². The molecule has 1 fully saturated rings. The molecular formula is C22H23ClN6O2. The van der Waals surface area contributed by atoms with Crippen molar-refractivity contribution in [1.82, 2.24) is 24.6 Å². The molecule has 160 valence electrons. The Morgan fingerprint density at radius 1 is 0.935 bits per heavy atom. The van der Waals surface area contributed by atoms with Gasteiger partial charge in [-0.1, -0.05) is 11.6 Å². The van der Waals surface area contributed by atoms with Gasteiger partial charge in [-0.05, 0) is 43.3 Å². The first-order chi connectivity index (χ1) is 15.0. The average Bonchev–Trinajstić information content (AvgIpc) is 3.24. The number of carbonyl (C=O) groups excluding carboxylic acids is 2. The van der Waals surface area contributed by atoms with E-state index < -0.39 is 0 Å². The molecule has 0 spiro atoms. The standard InChI is InChI=1S/C22H23ClN6O2/c1-16-24-10-11-29(16)21-8-7-20(25-26-21)27-12-14-28(15-13-27)22(31)9-6-19(30)17-2-4-18(23)5-3-17/h2-5,7-8,10-11H,6,9,12-15H2,1H3. The van der Waals surface area contributed by atoms with Gasteiger partial charge in [-0.2, -0.15) is 0 Å². The van der Waals surface area contributed by atoms with E-state index in [4.69, 9.17) is 11.6 Å². The minimum absolute atomic E-state index is 0.000946. The molecule has 3 heterocycles. The summed E-state index contributed by atoms with van der Waals surface area (Å²) >= 11 is 5.85. The maximum absolute atomic E-state index is 12.5. The summed E-state index contributed by atoms with van der Waals surface area (Å²) in [5.74, 6) is 2.30. The fourth-order valence-corrected chi connectivity index (χ4v) is 3.71. The van der Waals surface area contributed by atoms with Crippen LogP contribution in [0.15, 0.2) is 48.8 Å². The highest BCUT2D eigenvalue weighted by Gasteiger charge is 2.22. The number of amides is 1. The number of piperazine rings is 1. The summed E-state index contributed by atoms with van der Waals surface area (Å²) in [5.41, 5.74) is 0.579. The summed E-state index contributed by atoms with van der Waals surface area (Å²) in [7, 11) is 0. The minimum Gasteiger partial charge on any atom is -0.352 e. The number of aryl methyl sites for hydroxylation is 1. The number of anilines is 1. The molecule has 0 saturated carbocycles. The molecule has 1 amide bonds. The molecule has 1 aromatic carbocycles. The molecule has 0 bridgehead atoms. The highest BCUT2D eigenvalue weighted by atomic mass is 35.5. The summed E-state index contributed by atoms with van der Waals surface area (Å²) in [6, 6.07) is 10.6. The van der Waals surface area contributed by atoms with Gasteiger partial charge in [0.15, 0.2) is 17.4 Å². The summed E-state index contributed by atoms with van der Waals surface area (Å²) in [4.78, 5) is 32.9. The van der Waals surface area contributed by atoms with Crippen molar-refractivity contribution in [2.75, 3.05) is 31.1 Å². The van der Waals surface area contributed by atoms with Gasteiger partial charge in [0.05, 0.1) is 0 Å². The third kappa shape index (κ3) is 4.91. The van der Waals surface area contributed by atoms with Gasteiger partial charge >= 0.3 is 0 Å². The molecule has 1 aliphatic rings. The van der Waals surface area contributed by atoms with Crippen LogP contribution in [0, 0.1) is 6.92 Å². The quantitative estimate of drug-likeness (QED) is 0.550. The first-order valence-electron chi connectivity index (χ1n) is 10.2. The molecule has 9 heteroatoms. The van der Waals surface area contributed by atoms with Gasteiger partial charge in [-0.25, -0.2) is 4.98 Å². The molecular weight excluding hydrogens is 416 g/mol. The number of Topliss-reactive ketones (excluding diaryl/α,β-unsaturated/α-hetero) is 1. The van der Waals surface area contributed by atoms with E-state index >= 15 is 0 Å². The summed E-state index contributed by atoms with van der Waals surface area (Å²) in [5, 5.41) is 9.22. The highest BCUT2D eigenvalue weighted by Crippen LogP contribution is 2.16. The Hall–Kier alpha value is -3.26. The van der Waals surface area contributed by atoms with Crippen molar-refractivity contribution in [2.45, 2.75) is 19.8 Å². The zero-order valence-electron chi connectivity index (χ0n) is 17.2. The third-order valence-corrected chi connectivity index (χ3v) is 5.65. The van der Waals surface area contributed by atoms with E-state index in [1.807, 2.05) is 34.7 Å². The van der Waals surface area contributed by atoms with E-state index in [0.29, 0.717) is 36.8 Å². The molecule has 0 unspecified atom stereocenters. The van der Waals surface area contributed by atoms with Crippen molar-refractivity contribution in [3.63, 3.8) is 0 Å². The Labute approximate surface area is 185 Å². The molecule has 0 radical (unpaired) electrons. The molecule has 8 nitrogen and oxygen atoms in total. The number of nitrogens with zero attached hydrogens (tertiary/aromatic N) is 6. The summed E-state index contributed by atoms with van der Waals surface area (Å²) < 4.78 is 1.87. The predicted octanol–water partition coefficient (Wildman–Crippen LogP) is 2.94. The van der Waals surface area contributed by atoms with Crippen LogP contribution in [0.5, 0.6) is 0 Å². The van der Waals surface area contributed by atoms with Gasteiger partial charge in [0.2, 0.25) is 5.91 Å². The number of aromatic nitrogens is 4. The topological polar surface area (TPSA) is 84.2 Å². The number of ketones is 1. The lowest BCUT2D eigenvalue weighted by Crippen LogP contribution is -2.49. The van der Waals surface area contributed by atoms with Gasteiger partial charge in [0.1, 0.15) is 5.82 Å². The van der Waals surface area contributed by atoms with Gasteiger partial charge in [-0.15, -0.1) is 10.2 Å². The van der Waals surface area contributed by atoms with Crippen LogP contribution in [0.1, 0.15) is 29.0 Å². The number of hydrogen-bond donors (Lipinski definition) is 0. The number of benzene rings is 1. The molecule has 3 aromatic rings. The predicted molar refractivity (Wildman–Crippen MR) is 118 cm³/mol. The van der Waals surface area contributed by atoms with E-state index in [1.165, 1.54) is 0 Å². The molecule has 0 atom stereocenters. The van der Waals surface area contributed by atoms with Crippen LogP contribution in [0.2, 0.25) is 5.02 Å². The van der Waals surface area contributed by atoms with Crippen LogP contribution in [0.3, 0.4) is 0 Å². The largest absolute Gasteiger partial charge is 0.352 e. The van der Waals surface area contributed by atoms with Crippen LogP contribution >= 0.6 is 11.6 Å². The number of carbonyl (C=O) groups is 2. The van der Waals surface area contributed by atoms with Gasteiger partial charge in [-0.3, -0.25) is 14.2 Å². The molecule has 1 saturated heterocycles. The maximum atomic E-state index is 12.5. The first-order valence-corrected chi connectivity index (χ1v) is 10.5. The zero-order valence-corrected chi connectivity index (χ0v) is 18.0. The fraction of sp³-hybridized carbons (Fsp3) is 0.318. The Bertz CT molecular complexity index is 1060. The lowest BCUT2D eigenvalue weighted by molar-refractivity contribution is -0.131. The molecule has 4 rings (SSSR count). The zero-order chi connectivity index (χ0) is 21.8. The third-order valence-electron chi connectivity index (χ3n) is 5.40. The van der Waals surface area contributed by atoms with Crippen molar-refractivity contribution in [2.24, 2.45) is 0 Å². The molecule has 31 heavy (non-hydrogen) atoms. The Kier molecular flexibility index (Phi) is 6.27. The van der Waals surface area contributed by atoms with Crippen LogP contribution in [0.25, 0.3) is 5.82 Å². The van der Waals surface area contributed by atoms with Crippen molar-refractivity contribution in [1.29, 1.82) is 0 Å². The Morgan fingerprint density at radius 2 is 1.61 bits per heavy atom. The second-order valence-corrected chi connectivity index (χ2v) is 7.83. The van der Waals surface area contributed by atoms with E-state index in [9.17, 15) is 9.59 Å². The second kappa shape index (κ2) is 9.26. The van der Waals surface area contributed by atoms with E-state index in [0.717, 1.165) is 17.5 Å². The lowest BCUT2D eigenvalue weighted by Gasteiger charge is -2.35. The van der Waals surface area contributed by atoms with E-state index in [2.05, 4.69) is 20.1 Å². The molecule has 0 N–H and O–H groups in total. The monoisotopic (exact) mass is 438 g/mol. The first kappa shape index (κ1) is 21.0.